The highest BCUT2D eigenvalue weighted by molar-refractivity contribution is 5.84. The zero-order valence-electron chi connectivity index (χ0n) is 15.8. The Morgan fingerprint density at radius 3 is 2.54 bits per heavy atom. The van der Waals surface area contributed by atoms with E-state index in [1.165, 1.54) is 44.9 Å². The van der Waals surface area contributed by atoms with Gasteiger partial charge in [-0.2, -0.15) is 0 Å². The molecule has 0 radical (unpaired) electrons. The number of ether oxygens (including phenoxy) is 1. The van der Waals surface area contributed by atoms with Crippen molar-refractivity contribution in [1.29, 1.82) is 0 Å². The van der Waals surface area contributed by atoms with Crippen molar-refractivity contribution in [2.24, 2.45) is 17.6 Å². The second kappa shape index (κ2) is 7.21. The number of rotatable bonds is 4. The Balaban J connectivity index is 1.48. The minimum absolute atomic E-state index is 0.0659. The Morgan fingerprint density at radius 1 is 1.00 bits per heavy atom. The van der Waals surface area contributed by atoms with Gasteiger partial charge in [0.25, 0.3) is 0 Å². The summed E-state index contributed by atoms with van der Waals surface area (Å²) < 4.78 is 6.37. The van der Waals surface area contributed by atoms with Gasteiger partial charge in [0.2, 0.25) is 0 Å². The van der Waals surface area contributed by atoms with Crippen molar-refractivity contribution in [3.05, 3.63) is 42.0 Å². The largest absolute Gasteiger partial charge is 0.490 e. The van der Waals surface area contributed by atoms with Gasteiger partial charge < -0.3 is 15.6 Å². The minimum Gasteiger partial charge on any atom is -0.490 e. The standard InChI is InChI=1S/C23H31NO2/c1-23(24,15-25)20-9-6-19-14-22(11-8-18(19)12-20)26-21-10-7-16-4-2-3-5-17(16)13-21/h6,8-9,11-12,14,16-17,21,25H,2-5,7,10,13,15,24H2,1H3/t16?,17?,21?,23-/m0/s1. The summed E-state index contributed by atoms with van der Waals surface area (Å²) in [4.78, 5) is 0. The maximum atomic E-state index is 9.48. The summed E-state index contributed by atoms with van der Waals surface area (Å²) in [5.41, 5.74) is 6.41. The molecule has 4 atom stereocenters. The van der Waals surface area contributed by atoms with Crippen molar-refractivity contribution in [2.75, 3.05) is 6.61 Å². The summed E-state index contributed by atoms with van der Waals surface area (Å²) in [5, 5.41) is 11.8. The summed E-state index contributed by atoms with van der Waals surface area (Å²) in [5.74, 6) is 2.81. The summed E-state index contributed by atoms with van der Waals surface area (Å²) in [6, 6.07) is 12.5. The van der Waals surface area contributed by atoms with Gasteiger partial charge in [0, 0.05) is 0 Å². The van der Waals surface area contributed by atoms with Crippen molar-refractivity contribution in [2.45, 2.75) is 63.5 Å². The Kier molecular flexibility index (Phi) is 4.94. The van der Waals surface area contributed by atoms with Crippen LogP contribution in [0.4, 0.5) is 0 Å². The maximum absolute atomic E-state index is 9.48. The highest BCUT2D eigenvalue weighted by Gasteiger charge is 2.33. The van der Waals surface area contributed by atoms with Gasteiger partial charge in [-0.1, -0.05) is 43.9 Å². The lowest BCUT2D eigenvalue weighted by Crippen LogP contribution is -2.36. The third-order valence-electron chi connectivity index (χ3n) is 6.59. The number of hydrogen-bond acceptors (Lipinski definition) is 3. The third-order valence-corrected chi connectivity index (χ3v) is 6.59. The molecule has 0 saturated heterocycles. The first-order valence-corrected chi connectivity index (χ1v) is 10.2. The molecule has 0 aromatic heterocycles. The Morgan fingerprint density at radius 2 is 1.73 bits per heavy atom. The summed E-state index contributed by atoms with van der Waals surface area (Å²) >= 11 is 0. The first kappa shape index (κ1) is 17.8. The summed E-state index contributed by atoms with van der Waals surface area (Å²) in [6.07, 6.45) is 9.79. The molecule has 2 aliphatic rings. The van der Waals surface area contributed by atoms with Crippen molar-refractivity contribution < 1.29 is 9.84 Å². The molecule has 0 heterocycles. The van der Waals surface area contributed by atoms with E-state index in [1.807, 2.05) is 13.0 Å². The van der Waals surface area contributed by atoms with Crippen LogP contribution in [0.5, 0.6) is 5.75 Å². The van der Waals surface area contributed by atoms with Crippen molar-refractivity contribution in [1.82, 2.24) is 0 Å². The Labute approximate surface area is 156 Å². The number of aliphatic hydroxyl groups excluding tert-OH is 1. The molecule has 3 heteroatoms. The van der Waals surface area contributed by atoms with E-state index in [-0.39, 0.29) is 6.61 Å². The van der Waals surface area contributed by atoms with Gasteiger partial charge in [-0.25, -0.2) is 0 Å². The van der Waals surface area contributed by atoms with Crippen LogP contribution in [0.25, 0.3) is 10.8 Å². The van der Waals surface area contributed by atoms with Gasteiger partial charge in [-0.15, -0.1) is 0 Å². The molecule has 3 unspecified atom stereocenters. The SMILES string of the molecule is C[C@](N)(CO)c1ccc2cc(OC3CCC4CCCCC4C3)ccc2c1. The lowest BCUT2D eigenvalue weighted by molar-refractivity contribution is 0.0648. The van der Waals surface area contributed by atoms with E-state index in [1.54, 1.807) is 0 Å². The second-order valence-electron chi connectivity index (χ2n) is 8.66. The van der Waals surface area contributed by atoms with E-state index in [0.29, 0.717) is 6.10 Å². The predicted octanol–water partition coefficient (Wildman–Crippen LogP) is 4.74. The van der Waals surface area contributed by atoms with Crippen LogP contribution in [0.3, 0.4) is 0 Å². The fraction of sp³-hybridized carbons (Fsp3) is 0.565. The monoisotopic (exact) mass is 353 g/mol. The number of benzene rings is 2. The van der Waals surface area contributed by atoms with E-state index >= 15 is 0 Å². The van der Waals surface area contributed by atoms with Crippen molar-refractivity contribution >= 4 is 10.8 Å². The number of aliphatic hydroxyl groups is 1. The topological polar surface area (TPSA) is 55.5 Å². The van der Waals surface area contributed by atoms with Crippen LogP contribution in [0.2, 0.25) is 0 Å². The molecular formula is C23H31NO2. The van der Waals surface area contributed by atoms with E-state index in [9.17, 15) is 5.11 Å². The molecule has 4 rings (SSSR count). The van der Waals surface area contributed by atoms with Crippen molar-refractivity contribution in [3.8, 4) is 5.75 Å². The molecule has 0 aliphatic heterocycles. The second-order valence-corrected chi connectivity index (χ2v) is 8.66. The maximum Gasteiger partial charge on any atom is 0.120 e. The van der Waals surface area contributed by atoms with Gasteiger partial charge in [0.15, 0.2) is 0 Å². The minimum atomic E-state index is -0.706. The first-order valence-electron chi connectivity index (χ1n) is 10.2. The molecule has 3 N–H and O–H groups in total. The van der Waals surface area contributed by atoms with Crippen LogP contribution < -0.4 is 10.5 Å². The number of fused-ring (bicyclic) bond motifs is 2. The molecule has 3 nitrogen and oxygen atoms in total. The smallest absolute Gasteiger partial charge is 0.120 e. The first-order chi connectivity index (χ1) is 12.5. The third kappa shape index (κ3) is 3.60. The summed E-state index contributed by atoms with van der Waals surface area (Å²) in [6.45, 7) is 1.79. The zero-order chi connectivity index (χ0) is 18.1. The van der Waals surface area contributed by atoms with E-state index < -0.39 is 5.54 Å². The van der Waals surface area contributed by atoms with Gasteiger partial charge in [0.1, 0.15) is 5.75 Å². The number of hydrogen-bond donors (Lipinski definition) is 2. The molecule has 2 aromatic rings. The van der Waals surface area contributed by atoms with Crippen LogP contribution >= 0.6 is 0 Å². The van der Waals surface area contributed by atoms with Crippen molar-refractivity contribution in [3.63, 3.8) is 0 Å². The highest BCUT2D eigenvalue weighted by atomic mass is 16.5. The average Bonchev–Trinajstić information content (AvgIpc) is 2.67. The Hall–Kier alpha value is -1.58. The van der Waals surface area contributed by atoms with Gasteiger partial charge >= 0.3 is 0 Å². The lowest BCUT2D eigenvalue weighted by atomic mass is 9.70. The molecule has 2 saturated carbocycles. The molecule has 2 aromatic carbocycles. The molecule has 2 fully saturated rings. The van der Waals surface area contributed by atoms with Gasteiger partial charge in [-0.3, -0.25) is 0 Å². The van der Waals surface area contributed by atoms with Gasteiger partial charge in [0.05, 0.1) is 18.2 Å². The molecular weight excluding hydrogens is 322 g/mol. The van der Waals surface area contributed by atoms with Gasteiger partial charge in [-0.05, 0) is 72.6 Å². The molecule has 0 spiro atoms. The molecule has 0 bridgehead atoms. The lowest BCUT2D eigenvalue weighted by Gasteiger charge is -2.39. The summed E-state index contributed by atoms with van der Waals surface area (Å²) in [7, 11) is 0. The Bertz CT molecular complexity index is 770. The normalized spacial score (nSPS) is 28.3. The van der Waals surface area contributed by atoms with E-state index in [4.69, 9.17) is 10.5 Å². The molecule has 2 aliphatic carbocycles. The molecule has 26 heavy (non-hydrogen) atoms. The quantitative estimate of drug-likeness (QED) is 0.834. The van der Waals surface area contributed by atoms with E-state index in [0.717, 1.165) is 33.9 Å². The molecule has 140 valence electrons. The van der Waals surface area contributed by atoms with Crippen LogP contribution in [0.1, 0.15) is 57.4 Å². The highest BCUT2D eigenvalue weighted by Crippen LogP contribution is 2.41. The fourth-order valence-electron chi connectivity index (χ4n) is 4.87. The fourth-order valence-corrected chi connectivity index (χ4v) is 4.87. The predicted molar refractivity (Wildman–Crippen MR) is 106 cm³/mol. The van der Waals surface area contributed by atoms with Crippen LogP contribution in [0.15, 0.2) is 36.4 Å². The van der Waals surface area contributed by atoms with Crippen LogP contribution in [-0.2, 0) is 5.54 Å². The number of nitrogens with two attached hydrogens (primary N) is 1. The average molecular weight is 354 g/mol. The van der Waals surface area contributed by atoms with Crippen LogP contribution in [0, 0.1) is 11.8 Å². The van der Waals surface area contributed by atoms with E-state index in [2.05, 4.69) is 30.3 Å². The molecule has 0 amide bonds. The zero-order valence-corrected chi connectivity index (χ0v) is 15.8. The van der Waals surface area contributed by atoms with Crippen LogP contribution in [-0.4, -0.2) is 17.8 Å².